The summed E-state index contributed by atoms with van der Waals surface area (Å²) in [6, 6.07) is 7.11. The molecule has 0 atom stereocenters. The van der Waals surface area contributed by atoms with Crippen molar-refractivity contribution in [1.29, 1.82) is 0 Å². The van der Waals surface area contributed by atoms with Gasteiger partial charge in [-0.3, -0.25) is 9.89 Å². The highest BCUT2D eigenvalue weighted by Crippen LogP contribution is 2.32. The van der Waals surface area contributed by atoms with E-state index in [1.165, 1.54) is 0 Å². The minimum Gasteiger partial charge on any atom is -0.497 e. The molecular weight excluding hydrogens is 492 g/mol. The lowest BCUT2D eigenvalue weighted by atomic mass is 10.1. The van der Waals surface area contributed by atoms with E-state index in [1.807, 2.05) is 6.07 Å². The molecule has 37 heavy (non-hydrogen) atoms. The van der Waals surface area contributed by atoms with Crippen LogP contribution < -0.4 is 20.1 Å². The van der Waals surface area contributed by atoms with Gasteiger partial charge in [0, 0.05) is 18.7 Å². The quantitative estimate of drug-likeness (QED) is 0.187. The maximum absolute atomic E-state index is 12.8. The highest BCUT2D eigenvalue weighted by molar-refractivity contribution is 7.99. The zero-order chi connectivity index (χ0) is 26.4. The average molecular weight is 525 g/mol. The SMILES string of the molecule is CCSc1nc(NCC(C)C)c2cnn(CCNC(=O)c3cc(-c4cc(OC)ccc4OC)n[nH]3)c2n1. The lowest BCUT2D eigenvalue weighted by Gasteiger charge is -2.11. The van der Waals surface area contributed by atoms with E-state index in [4.69, 9.17) is 14.5 Å². The van der Waals surface area contributed by atoms with Crippen LogP contribution in [0.15, 0.2) is 35.6 Å². The Labute approximate surface area is 219 Å². The third-order valence-corrected chi connectivity index (χ3v) is 6.27. The van der Waals surface area contributed by atoms with Gasteiger partial charge in [-0.15, -0.1) is 0 Å². The van der Waals surface area contributed by atoms with Crippen molar-refractivity contribution in [1.82, 2.24) is 35.3 Å². The third-order valence-electron chi connectivity index (χ3n) is 5.54. The molecule has 3 N–H and O–H groups in total. The number of aromatic amines is 1. The largest absolute Gasteiger partial charge is 0.497 e. The molecule has 0 saturated heterocycles. The number of carbonyl (C=O) groups is 1. The van der Waals surface area contributed by atoms with E-state index in [0.717, 1.165) is 34.7 Å². The molecule has 4 rings (SSSR count). The summed E-state index contributed by atoms with van der Waals surface area (Å²) in [6.07, 6.45) is 1.77. The number of aromatic nitrogens is 6. The normalized spacial score (nSPS) is 11.2. The fraction of sp³-hybridized carbons (Fsp3) is 0.400. The van der Waals surface area contributed by atoms with Gasteiger partial charge in [-0.25, -0.2) is 14.6 Å². The topological polar surface area (TPSA) is 132 Å². The van der Waals surface area contributed by atoms with Gasteiger partial charge in [0.2, 0.25) is 0 Å². The lowest BCUT2D eigenvalue weighted by Crippen LogP contribution is -2.27. The number of nitrogens with zero attached hydrogens (tertiary/aromatic N) is 5. The molecule has 4 aromatic rings. The molecule has 3 aromatic heterocycles. The summed E-state index contributed by atoms with van der Waals surface area (Å²) in [5.74, 6) is 3.16. The molecule has 0 unspecified atom stereocenters. The second-order valence-electron chi connectivity index (χ2n) is 8.66. The predicted molar refractivity (Wildman–Crippen MR) is 145 cm³/mol. The number of fused-ring (bicyclic) bond motifs is 1. The predicted octanol–water partition coefficient (Wildman–Crippen LogP) is 3.84. The monoisotopic (exact) mass is 524 g/mol. The minimum atomic E-state index is -0.270. The van der Waals surface area contributed by atoms with Crippen LogP contribution in [0.2, 0.25) is 0 Å². The summed E-state index contributed by atoms with van der Waals surface area (Å²) >= 11 is 1.58. The first-order valence-electron chi connectivity index (χ1n) is 12.1. The fourth-order valence-corrected chi connectivity index (χ4v) is 4.25. The number of ether oxygens (including phenoxy) is 2. The third kappa shape index (κ3) is 6.13. The number of thioether (sulfide) groups is 1. The van der Waals surface area contributed by atoms with Crippen LogP contribution in [-0.2, 0) is 6.54 Å². The zero-order valence-corrected chi connectivity index (χ0v) is 22.5. The molecule has 1 amide bonds. The van der Waals surface area contributed by atoms with Crippen molar-refractivity contribution in [2.24, 2.45) is 5.92 Å². The smallest absolute Gasteiger partial charge is 0.269 e. The minimum absolute atomic E-state index is 0.270. The Morgan fingerprint density at radius 1 is 1.19 bits per heavy atom. The molecular formula is C25H32N8O3S. The maximum Gasteiger partial charge on any atom is 0.269 e. The Kier molecular flexibility index (Phi) is 8.49. The Bertz CT molecular complexity index is 1370. The van der Waals surface area contributed by atoms with Crippen LogP contribution >= 0.6 is 11.8 Å². The number of hydrogen-bond donors (Lipinski definition) is 3. The van der Waals surface area contributed by atoms with E-state index in [2.05, 4.69) is 51.7 Å². The Hall–Kier alpha value is -3.80. The number of amides is 1. The molecule has 0 saturated carbocycles. The number of rotatable bonds is 12. The first-order chi connectivity index (χ1) is 17.9. The van der Waals surface area contributed by atoms with Gasteiger partial charge >= 0.3 is 0 Å². The summed E-state index contributed by atoms with van der Waals surface area (Å²) in [4.78, 5) is 22.2. The summed E-state index contributed by atoms with van der Waals surface area (Å²) in [6.45, 7) is 7.98. The van der Waals surface area contributed by atoms with Crippen LogP contribution in [0.1, 0.15) is 31.3 Å². The molecule has 0 aliphatic carbocycles. The molecule has 0 aliphatic heterocycles. The molecule has 0 fully saturated rings. The van der Waals surface area contributed by atoms with E-state index in [9.17, 15) is 4.79 Å². The van der Waals surface area contributed by atoms with Crippen LogP contribution in [0.25, 0.3) is 22.3 Å². The van der Waals surface area contributed by atoms with Crippen LogP contribution in [0.4, 0.5) is 5.82 Å². The highest BCUT2D eigenvalue weighted by Gasteiger charge is 2.16. The van der Waals surface area contributed by atoms with Crippen LogP contribution in [0.3, 0.4) is 0 Å². The standard InChI is InChI=1S/C25H32N8O3S/c1-6-37-25-29-22(27-13-15(2)3)18-14-28-33(23(18)30-25)10-9-26-24(34)20-12-19(31-32-20)17-11-16(35-4)7-8-21(17)36-5/h7-8,11-12,14-15H,6,9-10,13H2,1-5H3,(H,26,34)(H,31,32)(H,27,29,30). The number of methoxy groups -OCH3 is 2. The average Bonchev–Trinajstić information content (AvgIpc) is 3.55. The molecule has 1 aromatic carbocycles. The lowest BCUT2D eigenvalue weighted by molar-refractivity contribution is 0.0947. The van der Waals surface area contributed by atoms with Gasteiger partial charge in [0.15, 0.2) is 10.8 Å². The van der Waals surface area contributed by atoms with Crippen molar-refractivity contribution in [2.75, 3.05) is 38.4 Å². The summed E-state index contributed by atoms with van der Waals surface area (Å²) in [5, 5.41) is 19.5. The molecule has 0 aliphatic rings. The Morgan fingerprint density at radius 3 is 2.76 bits per heavy atom. The van der Waals surface area contributed by atoms with Gasteiger partial charge in [0.25, 0.3) is 5.91 Å². The Balaban J connectivity index is 1.45. The van der Waals surface area contributed by atoms with Crippen molar-refractivity contribution >= 4 is 34.5 Å². The molecule has 3 heterocycles. The number of H-pyrrole nitrogens is 1. The number of benzene rings is 1. The summed E-state index contributed by atoms with van der Waals surface area (Å²) in [7, 11) is 3.18. The number of anilines is 1. The van der Waals surface area contributed by atoms with Crippen molar-refractivity contribution in [3.8, 4) is 22.8 Å². The van der Waals surface area contributed by atoms with Crippen molar-refractivity contribution in [2.45, 2.75) is 32.5 Å². The first kappa shape index (κ1) is 26.3. The van der Waals surface area contributed by atoms with E-state index < -0.39 is 0 Å². The maximum atomic E-state index is 12.8. The molecule has 0 spiro atoms. The van der Waals surface area contributed by atoms with E-state index in [-0.39, 0.29) is 5.91 Å². The van der Waals surface area contributed by atoms with Crippen molar-refractivity contribution in [3.63, 3.8) is 0 Å². The molecule has 0 bridgehead atoms. The van der Waals surface area contributed by atoms with Gasteiger partial charge in [0.1, 0.15) is 23.0 Å². The molecule has 0 radical (unpaired) electrons. The second kappa shape index (κ2) is 12.0. The summed E-state index contributed by atoms with van der Waals surface area (Å²) in [5.41, 5.74) is 2.38. The van der Waals surface area contributed by atoms with E-state index in [1.54, 1.807) is 55.1 Å². The van der Waals surface area contributed by atoms with Crippen LogP contribution in [0, 0.1) is 5.92 Å². The van der Waals surface area contributed by atoms with Gasteiger partial charge in [0.05, 0.1) is 38.0 Å². The van der Waals surface area contributed by atoms with E-state index in [0.29, 0.717) is 47.1 Å². The second-order valence-corrected chi connectivity index (χ2v) is 9.89. The summed E-state index contributed by atoms with van der Waals surface area (Å²) < 4.78 is 12.5. The van der Waals surface area contributed by atoms with Gasteiger partial charge < -0.3 is 20.1 Å². The van der Waals surface area contributed by atoms with Crippen LogP contribution in [-0.4, -0.2) is 68.9 Å². The van der Waals surface area contributed by atoms with Gasteiger partial charge in [-0.2, -0.15) is 10.2 Å². The van der Waals surface area contributed by atoms with Gasteiger partial charge in [-0.1, -0.05) is 32.5 Å². The van der Waals surface area contributed by atoms with Crippen LogP contribution in [0.5, 0.6) is 11.5 Å². The van der Waals surface area contributed by atoms with Gasteiger partial charge in [-0.05, 0) is 35.9 Å². The van der Waals surface area contributed by atoms with Crippen molar-refractivity contribution in [3.05, 3.63) is 36.2 Å². The highest BCUT2D eigenvalue weighted by atomic mass is 32.2. The molecule has 12 heteroatoms. The fourth-order valence-electron chi connectivity index (χ4n) is 3.69. The van der Waals surface area contributed by atoms with Crippen molar-refractivity contribution < 1.29 is 14.3 Å². The zero-order valence-electron chi connectivity index (χ0n) is 21.7. The number of nitrogens with one attached hydrogen (secondary N) is 3. The number of hydrogen-bond acceptors (Lipinski definition) is 9. The Morgan fingerprint density at radius 2 is 2.03 bits per heavy atom. The van der Waals surface area contributed by atoms with E-state index >= 15 is 0 Å². The number of carbonyl (C=O) groups excluding carboxylic acids is 1. The first-order valence-corrected chi connectivity index (χ1v) is 13.1. The molecule has 196 valence electrons. The molecule has 11 nitrogen and oxygen atoms in total.